The zero-order valence-corrected chi connectivity index (χ0v) is 15.1. The van der Waals surface area contributed by atoms with E-state index in [9.17, 15) is 14.7 Å². The maximum absolute atomic E-state index is 11.7. The fourth-order valence-corrected chi connectivity index (χ4v) is 2.52. The SMILES string of the molecule is COc1ccc(CC(NC(=O)OC(C)(C)C)C(=O)O)cc1I. The second kappa shape index (κ2) is 7.66. The van der Waals surface area contributed by atoms with Gasteiger partial charge in [0.2, 0.25) is 0 Å². The third-order valence-corrected chi connectivity index (χ3v) is 3.49. The van der Waals surface area contributed by atoms with Gasteiger partial charge in [-0.3, -0.25) is 0 Å². The third-order valence-electron chi connectivity index (χ3n) is 2.65. The molecule has 0 fully saturated rings. The fourth-order valence-electron chi connectivity index (χ4n) is 1.72. The highest BCUT2D eigenvalue weighted by molar-refractivity contribution is 14.1. The Morgan fingerprint density at radius 2 is 2.00 bits per heavy atom. The lowest BCUT2D eigenvalue weighted by molar-refractivity contribution is -0.139. The standard InChI is InChI=1S/C15H20INO5/c1-15(2,3)22-14(20)17-11(13(18)19)8-9-5-6-12(21-4)10(16)7-9/h5-7,11H,8H2,1-4H3,(H,17,20)(H,18,19). The molecular formula is C15H20INO5. The molecule has 2 N–H and O–H groups in total. The van der Waals surface area contributed by atoms with Gasteiger partial charge in [-0.05, 0) is 61.1 Å². The highest BCUT2D eigenvalue weighted by Crippen LogP contribution is 2.22. The predicted molar refractivity (Wildman–Crippen MR) is 90.2 cm³/mol. The minimum absolute atomic E-state index is 0.161. The van der Waals surface area contributed by atoms with Crippen LogP contribution in [0.15, 0.2) is 18.2 Å². The lowest BCUT2D eigenvalue weighted by atomic mass is 10.1. The molecule has 1 aromatic carbocycles. The number of carbonyl (C=O) groups excluding carboxylic acids is 1. The van der Waals surface area contributed by atoms with Crippen LogP contribution in [0.25, 0.3) is 0 Å². The highest BCUT2D eigenvalue weighted by atomic mass is 127. The molecule has 0 bridgehead atoms. The summed E-state index contributed by atoms with van der Waals surface area (Å²) in [6, 6.07) is 4.31. The summed E-state index contributed by atoms with van der Waals surface area (Å²) in [6.45, 7) is 5.15. The van der Waals surface area contributed by atoms with Gasteiger partial charge in [0.1, 0.15) is 17.4 Å². The van der Waals surface area contributed by atoms with E-state index in [0.29, 0.717) is 0 Å². The number of carbonyl (C=O) groups is 2. The van der Waals surface area contributed by atoms with Gasteiger partial charge < -0.3 is 19.9 Å². The van der Waals surface area contributed by atoms with Gasteiger partial charge in [0.25, 0.3) is 0 Å². The van der Waals surface area contributed by atoms with Gasteiger partial charge in [0, 0.05) is 6.42 Å². The Hall–Kier alpha value is -1.51. The molecule has 0 aliphatic carbocycles. The normalized spacial score (nSPS) is 12.4. The molecule has 0 saturated carbocycles. The number of hydrogen-bond acceptors (Lipinski definition) is 4. The number of carboxylic acids is 1. The quantitative estimate of drug-likeness (QED) is 0.715. The van der Waals surface area contributed by atoms with Crippen molar-refractivity contribution < 1.29 is 24.2 Å². The predicted octanol–water partition coefficient (Wildman–Crippen LogP) is 2.82. The summed E-state index contributed by atoms with van der Waals surface area (Å²) in [7, 11) is 1.57. The van der Waals surface area contributed by atoms with Crippen LogP contribution in [0.5, 0.6) is 5.75 Å². The molecule has 0 aliphatic rings. The molecule has 6 nitrogen and oxygen atoms in total. The Balaban J connectivity index is 2.78. The van der Waals surface area contributed by atoms with Crippen LogP contribution in [0.4, 0.5) is 4.79 Å². The van der Waals surface area contributed by atoms with Crippen molar-refractivity contribution in [2.75, 3.05) is 7.11 Å². The van der Waals surface area contributed by atoms with Gasteiger partial charge >= 0.3 is 12.1 Å². The first kappa shape index (κ1) is 18.5. The van der Waals surface area contributed by atoms with Crippen LogP contribution in [0.2, 0.25) is 0 Å². The van der Waals surface area contributed by atoms with Crippen molar-refractivity contribution in [3.63, 3.8) is 0 Å². The summed E-state index contributed by atoms with van der Waals surface area (Å²) in [5.41, 5.74) is 0.108. The number of nitrogens with one attached hydrogen (secondary N) is 1. The number of rotatable bonds is 5. The Morgan fingerprint density at radius 1 is 1.36 bits per heavy atom. The van der Waals surface area contributed by atoms with Crippen molar-refractivity contribution in [2.24, 2.45) is 0 Å². The first-order valence-electron chi connectivity index (χ1n) is 6.67. The molecule has 0 spiro atoms. The topological polar surface area (TPSA) is 84.9 Å². The van der Waals surface area contributed by atoms with Crippen LogP contribution in [0, 0.1) is 3.57 Å². The van der Waals surface area contributed by atoms with E-state index in [1.54, 1.807) is 40.0 Å². The summed E-state index contributed by atoms with van der Waals surface area (Å²) >= 11 is 2.11. The molecule has 7 heteroatoms. The number of carboxylic acid groups (broad SMARTS) is 1. The van der Waals surface area contributed by atoms with Crippen molar-refractivity contribution in [2.45, 2.75) is 38.8 Å². The molecule has 1 unspecified atom stereocenters. The number of methoxy groups -OCH3 is 1. The van der Waals surface area contributed by atoms with Gasteiger partial charge in [0.05, 0.1) is 10.7 Å². The molecule has 22 heavy (non-hydrogen) atoms. The van der Waals surface area contributed by atoms with Crippen molar-refractivity contribution >= 4 is 34.7 Å². The van der Waals surface area contributed by atoms with Crippen molar-refractivity contribution in [3.8, 4) is 5.75 Å². The van der Waals surface area contributed by atoms with Crippen LogP contribution >= 0.6 is 22.6 Å². The summed E-state index contributed by atoms with van der Waals surface area (Å²) < 4.78 is 11.1. The molecular weight excluding hydrogens is 401 g/mol. The van der Waals surface area contributed by atoms with Gasteiger partial charge in [-0.15, -0.1) is 0 Å². The molecule has 0 saturated heterocycles. The number of hydrogen-bond donors (Lipinski definition) is 2. The number of halogens is 1. The number of benzene rings is 1. The molecule has 0 aliphatic heterocycles. The van der Waals surface area contributed by atoms with Crippen LogP contribution in [-0.4, -0.2) is 35.9 Å². The number of alkyl carbamates (subject to hydrolysis) is 1. The minimum Gasteiger partial charge on any atom is -0.496 e. The monoisotopic (exact) mass is 421 g/mol. The Kier molecular flexibility index (Phi) is 6.46. The first-order valence-corrected chi connectivity index (χ1v) is 7.75. The van der Waals surface area contributed by atoms with E-state index >= 15 is 0 Å². The Labute approximate surface area is 143 Å². The van der Waals surface area contributed by atoms with Gasteiger partial charge in [-0.1, -0.05) is 6.07 Å². The zero-order valence-electron chi connectivity index (χ0n) is 13.0. The molecule has 0 radical (unpaired) electrons. The lowest BCUT2D eigenvalue weighted by Gasteiger charge is -2.22. The van der Waals surface area contributed by atoms with E-state index in [4.69, 9.17) is 9.47 Å². The van der Waals surface area contributed by atoms with Gasteiger partial charge in [-0.2, -0.15) is 0 Å². The van der Waals surface area contributed by atoms with Crippen LogP contribution in [0.1, 0.15) is 26.3 Å². The van der Waals surface area contributed by atoms with Gasteiger partial charge in [0.15, 0.2) is 0 Å². The number of ether oxygens (including phenoxy) is 2. The summed E-state index contributed by atoms with van der Waals surface area (Å²) in [5, 5.41) is 11.6. The summed E-state index contributed by atoms with van der Waals surface area (Å²) in [4.78, 5) is 23.0. The molecule has 1 amide bonds. The van der Waals surface area contributed by atoms with E-state index in [-0.39, 0.29) is 6.42 Å². The van der Waals surface area contributed by atoms with Crippen molar-refractivity contribution in [1.29, 1.82) is 0 Å². The Morgan fingerprint density at radius 3 is 2.45 bits per heavy atom. The molecule has 1 aromatic rings. The maximum Gasteiger partial charge on any atom is 0.408 e. The number of aliphatic carboxylic acids is 1. The third kappa shape index (κ3) is 6.08. The summed E-state index contributed by atoms with van der Waals surface area (Å²) in [6.07, 6.45) is -0.586. The second-order valence-electron chi connectivity index (χ2n) is 5.71. The van der Waals surface area contributed by atoms with Crippen LogP contribution < -0.4 is 10.1 Å². The van der Waals surface area contributed by atoms with Crippen molar-refractivity contribution in [3.05, 3.63) is 27.3 Å². The van der Waals surface area contributed by atoms with E-state index in [1.165, 1.54) is 0 Å². The molecule has 1 rings (SSSR count). The molecule has 0 aromatic heterocycles. The zero-order chi connectivity index (χ0) is 16.9. The second-order valence-corrected chi connectivity index (χ2v) is 6.87. The summed E-state index contributed by atoms with van der Waals surface area (Å²) in [5.74, 6) is -0.395. The first-order chi connectivity index (χ1) is 10.1. The van der Waals surface area contributed by atoms with E-state index in [1.807, 2.05) is 6.07 Å². The average molecular weight is 421 g/mol. The maximum atomic E-state index is 11.7. The van der Waals surface area contributed by atoms with E-state index < -0.39 is 23.7 Å². The number of amides is 1. The van der Waals surface area contributed by atoms with Crippen LogP contribution in [-0.2, 0) is 16.0 Å². The highest BCUT2D eigenvalue weighted by Gasteiger charge is 2.24. The van der Waals surface area contributed by atoms with Crippen molar-refractivity contribution in [1.82, 2.24) is 5.32 Å². The fraction of sp³-hybridized carbons (Fsp3) is 0.467. The largest absolute Gasteiger partial charge is 0.496 e. The van der Waals surface area contributed by atoms with E-state index in [2.05, 4.69) is 27.9 Å². The molecule has 0 heterocycles. The molecule has 1 atom stereocenters. The smallest absolute Gasteiger partial charge is 0.408 e. The van der Waals surface area contributed by atoms with Gasteiger partial charge in [-0.25, -0.2) is 9.59 Å². The van der Waals surface area contributed by atoms with E-state index in [0.717, 1.165) is 14.9 Å². The average Bonchev–Trinajstić information content (AvgIpc) is 2.35. The molecule has 122 valence electrons. The van der Waals surface area contributed by atoms with Crippen LogP contribution in [0.3, 0.4) is 0 Å². The Bertz CT molecular complexity index is 553. The minimum atomic E-state index is -1.11. The lowest BCUT2D eigenvalue weighted by Crippen LogP contribution is -2.44.